The molecule has 1 unspecified atom stereocenters. The standard InChI is InChI=1S/C14H19NO/c1-11-7-3-4-8-12(11)14(15-2)10-6-5-9-13(14)16/h3-4,7-8,15H,5-6,9-10H2,1-2H3. The van der Waals surface area contributed by atoms with Crippen LogP contribution in [-0.2, 0) is 10.3 Å². The second kappa shape index (κ2) is 4.38. The van der Waals surface area contributed by atoms with Gasteiger partial charge in [0.2, 0.25) is 0 Å². The maximum Gasteiger partial charge on any atom is 0.157 e. The normalized spacial score (nSPS) is 25.8. The Labute approximate surface area is 97.1 Å². The van der Waals surface area contributed by atoms with Crippen molar-refractivity contribution in [3.63, 3.8) is 0 Å². The van der Waals surface area contributed by atoms with Crippen molar-refractivity contribution in [2.24, 2.45) is 0 Å². The molecular weight excluding hydrogens is 198 g/mol. The maximum atomic E-state index is 12.2. The molecule has 0 bridgehead atoms. The highest BCUT2D eigenvalue weighted by Gasteiger charge is 2.40. The molecule has 0 aliphatic heterocycles. The molecule has 0 saturated heterocycles. The lowest BCUT2D eigenvalue weighted by Gasteiger charge is -2.37. The van der Waals surface area contributed by atoms with Gasteiger partial charge in [-0.1, -0.05) is 30.7 Å². The minimum atomic E-state index is -0.427. The first-order chi connectivity index (χ1) is 7.70. The van der Waals surface area contributed by atoms with E-state index in [2.05, 4.69) is 24.4 Å². The summed E-state index contributed by atoms with van der Waals surface area (Å²) in [5, 5.41) is 3.27. The molecule has 2 heteroatoms. The second-order valence-electron chi connectivity index (χ2n) is 4.60. The van der Waals surface area contributed by atoms with Crippen LogP contribution < -0.4 is 5.32 Å². The number of benzene rings is 1. The van der Waals surface area contributed by atoms with Crippen molar-refractivity contribution in [2.45, 2.75) is 38.1 Å². The van der Waals surface area contributed by atoms with Crippen LogP contribution in [0.1, 0.15) is 36.8 Å². The number of Topliss-reactive ketones (excluding diaryl/α,β-unsaturated/α-hetero) is 1. The first kappa shape index (κ1) is 11.3. The zero-order valence-electron chi connectivity index (χ0n) is 10.0. The summed E-state index contributed by atoms with van der Waals surface area (Å²) in [5.74, 6) is 0.343. The van der Waals surface area contributed by atoms with Gasteiger partial charge in [0.25, 0.3) is 0 Å². The average Bonchev–Trinajstić information content (AvgIpc) is 2.31. The number of hydrogen-bond acceptors (Lipinski definition) is 2. The smallest absolute Gasteiger partial charge is 0.157 e. The fourth-order valence-corrected chi connectivity index (χ4v) is 2.76. The number of hydrogen-bond donors (Lipinski definition) is 1. The first-order valence-electron chi connectivity index (χ1n) is 5.99. The Bertz CT molecular complexity index is 399. The third-order valence-corrected chi connectivity index (χ3v) is 3.71. The van der Waals surface area contributed by atoms with Crippen LogP contribution in [0, 0.1) is 6.92 Å². The largest absolute Gasteiger partial charge is 0.304 e. The van der Waals surface area contributed by atoms with E-state index in [1.54, 1.807) is 0 Å². The Morgan fingerprint density at radius 1 is 1.25 bits per heavy atom. The molecule has 2 rings (SSSR count). The van der Waals surface area contributed by atoms with Crippen molar-refractivity contribution >= 4 is 5.78 Å². The summed E-state index contributed by atoms with van der Waals surface area (Å²) in [7, 11) is 1.90. The Balaban J connectivity index is 2.48. The van der Waals surface area contributed by atoms with Gasteiger partial charge in [0, 0.05) is 6.42 Å². The fourth-order valence-electron chi connectivity index (χ4n) is 2.76. The maximum absolute atomic E-state index is 12.2. The molecule has 0 amide bonds. The van der Waals surface area contributed by atoms with Gasteiger partial charge in [-0.15, -0.1) is 0 Å². The molecule has 86 valence electrons. The van der Waals surface area contributed by atoms with Gasteiger partial charge >= 0.3 is 0 Å². The molecule has 16 heavy (non-hydrogen) atoms. The van der Waals surface area contributed by atoms with Crippen LogP contribution in [0.4, 0.5) is 0 Å². The van der Waals surface area contributed by atoms with Crippen LogP contribution >= 0.6 is 0 Å². The molecule has 1 saturated carbocycles. The van der Waals surface area contributed by atoms with Crippen LogP contribution in [-0.4, -0.2) is 12.8 Å². The van der Waals surface area contributed by atoms with E-state index in [9.17, 15) is 4.79 Å². The molecule has 2 nitrogen and oxygen atoms in total. The van der Waals surface area contributed by atoms with Crippen molar-refractivity contribution in [3.05, 3.63) is 35.4 Å². The van der Waals surface area contributed by atoms with Crippen molar-refractivity contribution in [3.8, 4) is 0 Å². The number of carbonyl (C=O) groups excluding carboxylic acids is 1. The summed E-state index contributed by atoms with van der Waals surface area (Å²) in [6.07, 6.45) is 3.79. The lowest BCUT2D eigenvalue weighted by molar-refractivity contribution is -0.127. The Kier molecular flexibility index (Phi) is 3.10. The third kappa shape index (κ3) is 1.67. The molecule has 1 aromatic rings. The van der Waals surface area contributed by atoms with E-state index in [1.807, 2.05) is 19.2 Å². The SMILES string of the molecule is CNC1(c2ccccc2C)CCCCC1=O. The highest BCUT2D eigenvalue weighted by molar-refractivity contribution is 5.90. The molecule has 1 atom stereocenters. The topological polar surface area (TPSA) is 29.1 Å². The highest BCUT2D eigenvalue weighted by Crippen LogP contribution is 2.35. The minimum absolute atomic E-state index is 0.343. The molecular formula is C14H19NO. The second-order valence-corrected chi connectivity index (χ2v) is 4.60. The minimum Gasteiger partial charge on any atom is -0.304 e. The summed E-state index contributed by atoms with van der Waals surface area (Å²) in [4.78, 5) is 12.2. The van der Waals surface area contributed by atoms with E-state index in [-0.39, 0.29) is 0 Å². The number of likely N-dealkylation sites (N-methyl/N-ethyl adjacent to an activating group) is 1. The summed E-state index contributed by atoms with van der Waals surface area (Å²) >= 11 is 0. The van der Waals surface area contributed by atoms with Crippen molar-refractivity contribution < 1.29 is 4.79 Å². The Morgan fingerprint density at radius 2 is 2.00 bits per heavy atom. The summed E-state index contributed by atoms with van der Waals surface area (Å²) in [6, 6.07) is 8.20. The molecule has 1 aliphatic rings. The van der Waals surface area contributed by atoms with E-state index >= 15 is 0 Å². The Morgan fingerprint density at radius 3 is 2.62 bits per heavy atom. The third-order valence-electron chi connectivity index (χ3n) is 3.71. The monoisotopic (exact) mass is 217 g/mol. The van der Waals surface area contributed by atoms with Gasteiger partial charge in [-0.3, -0.25) is 4.79 Å². The van der Waals surface area contributed by atoms with Crippen molar-refractivity contribution in [2.75, 3.05) is 7.05 Å². The van der Waals surface area contributed by atoms with Crippen LogP contribution in [0.5, 0.6) is 0 Å². The molecule has 0 radical (unpaired) electrons. The van der Waals surface area contributed by atoms with Gasteiger partial charge in [-0.2, -0.15) is 0 Å². The predicted molar refractivity (Wildman–Crippen MR) is 65.4 cm³/mol. The molecule has 1 aliphatic carbocycles. The van der Waals surface area contributed by atoms with Gasteiger partial charge < -0.3 is 5.32 Å². The van der Waals surface area contributed by atoms with Gasteiger partial charge in [0.15, 0.2) is 5.78 Å². The summed E-state index contributed by atoms with van der Waals surface area (Å²) < 4.78 is 0. The number of nitrogens with one attached hydrogen (secondary N) is 1. The zero-order valence-corrected chi connectivity index (χ0v) is 10.0. The van der Waals surface area contributed by atoms with E-state index < -0.39 is 5.54 Å². The molecule has 0 heterocycles. The predicted octanol–water partition coefficient (Wildman–Crippen LogP) is 2.55. The van der Waals surface area contributed by atoms with Crippen LogP contribution in [0.2, 0.25) is 0 Å². The summed E-state index contributed by atoms with van der Waals surface area (Å²) in [5.41, 5.74) is 1.93. The fraction of sp³-hybridized carbons (Fsp3) is 0.500. The van der Waals surface area contributed by atoms with E-state index in [0.29, 0.717) is 12.2 Å². The van der Waals surface area contributed by atoms with Crippen molar-refractivity contribution in [1.29, 1.82) is 0 Å². The molecule has 1 aromatic carbocycles. The van der Waals surface area contributed by atoms with Crippen LogP contribution in [0.3, 0.4) is 0 Å². The number of carbonyl (C=O) groups is 1. The highest BCUT2D eigenvalue weighted by atomic mass is 16.1. The number of aryl methyl sites for hydroxylation is 1. The molecule has 1 fully saturated rings. The van der Waals surface area contributed by atoms with Gasteiger partial charge in [0.05, 0.1) is 0 Å². The molecule has 0 aromatic heterocycles. The van der Waals surface area contributed by atoms with Crippen molar-refractivity contribution in [1.82, 2.24) is 5.32 Å². The zero-order chi connectivity index (χ0) is 11.6. The lowest BCUT2D eigenvalue weighted by Crippen LogP contribution is -2.49. The van der Waals surface area contributed by atoms with Crippen LogP contribution in [0.25, 0.3) is 0 Å². The van der Waals surface area contributed by atoms with Crippen LogP contribution in [0.15, 0.2) is 24.3 Å². The summed E-state index contributed by atoms with van der Waals surface area (Å²) in [6.45, 7) is 2.08. The van der Waals surface area contributed by atoms with E-state index in [1.165, 1.54) is 5.56 Å². The quantitative estimate of drug-likeness (QED) is 0.825. The van der Waals surface area contributed by atoms with Gasteiger partial charge in [-0.05, 0) is 37.9 Å². The van der Waals surface area contributed by atoms with E-state index in [4.69, 9.17) is 0 Å². The lowest BCUT2D eigenvalue weighted by atomic mass is 9.74. The Hall–Kier alpha value is -1.15. The van der Waals surface area contributed by atoms with E-state index in [0.717, 1.165) is 24.8 Å². The number of rotatable bonds is 2. The van der Waals surface area contributed by atoms with Gasteiger partial charge in [0.1, 0.15) is 5.54 Å². The average molecular weight is 217 g/mol. The first-order valence-corrected chi connectivity index (χ1v) is 5.99. The number of ketones is 1. The molecule has 0 spiro atoms. The molecule has 1 N–H and O–H groups in total. The van der Waals surface area contributed by atoms with Gasteiger partial charge in [-0.25, -0.2) is 0 Å².